The molecule has 1 amide bonds. The normalized spacial score (nSPS) is 17.4. The van der Waals surface area contributed by atoms with E-state index in [9.17, 15) is 4.79 Å². The van der Waals surface area contributed by atoms with Crippen LogP contribution in [0.1, 0.15) is 34.7 Å². The van der Waals surface area contributed by atoms with Crippen molar-refractivity contribution in [3.8, 4) is 0 Å². The van der Waals surface area contributed by atoms with Gasteiger partial charge in [0.05, 0.1) is 12.0 Å². The number of hydrogen-bond acceptors (Lipinski definition) is 2. The largest absolute Gasteiger partial charge is 0.319 e. The molecule has 3 aromatic carbocycles. The molecule has 6 nitrogen and oxygen atoms in total. The third kappa shape index (κ3) is 3.27. The lowest BCUT2D eigenvalue weighted by Gasteiger charge is -2.37. The van der Waals surface area contributed by atoms with Gasteiger partial charge in [-0.15, -0.1) is 0 Å². The Hall–Kier alpha value is -4.15. The molecule has 0 N–H and O–H groups in total. The minimum Gasteiger partial charge on any atom is -0.319 e. The zero-order chi connectivity index (χ0) is 22.0. The highest BCUT2D eigenvalue weighted by molar-refractivity contribution is 5.83. The van der Waals surface area contributed by atoms with Crippen molar-refractivity contribution in [2.75, 3.05) is 0 Å². The highest BCUT2D eigenvalue weighted by Gasteiger charge is 2.46. The van der Waals surface area contributed by atoms with Crippen LogP contribution in [0.25, 0.3) is 10.4 Å². The molecule has 156 valence electrons. The maximum Gasteiger partial charge on any atom is 0.222 e. The van der Waals surface area contributed by atoms with Crippen molar-refractivity contribution in [2.45, 2.75) is 17.9 Å². The van der Waals surface area contributed by atoms with Gasteiger partial charge in [0.15, 0.2) is 0 Å². The van der Waals surface area contributed by atoms with Crippen LogP contribution in [0.15, 0.2) is 109 Å². The second kappa shape index (κ2) is 8.17. The number of imidazole rings is 1. The Kier molecular flexibility index (Phi) is 5.06. The number of carbonyl (C=O) groups excluding carboxylic acids is 1. The lowest BCUT2D eigenvalue weighted by Crippen LogP contribution is -2.36. The molecule has 6 heteroatoms. The maximum atomic E-state index is 12.0. The summed E-state index contributed by atoms with van der Waals surface area (Å²) < 4.78 is 2.13. The van der Waals surface area contributed by atoms with E-state index < -0.39 is 11.4 Å². The highest BCUT2D eigenvalue weighted by atomic mass is 16.2. The molecule has 0 bridgehead atoms. The van der Waals surface area contributed by atoms with Crippen LogP contribution in [0, 0.1) is 5.92 Å². The number of azide groups is 1. The molecule has 1 aromatic heterocycles. The Bertz CT molecular complexity index is 1180. The van der Waals surface area contributed by atoms with E-state index >= 15 is 0 Å². The van der Waals surface area contributed by atoms with Crippen molar-refractivity contribution in [3.05, 3.63) is 136 Å². The maximum absolute atomic E-state index is 12.0. The molecule has 2 atom stereocenters. The topological polar surface area (TPSA) is 83.7 Å². The van der Waals surface area contributed by atoms with Crippen molar-refractivity contribution in [1.82, 2.24) is 9.55 Å². The number of rotatable bonds is 6. The first-order valence-corrected chi connectivity index (χ1v) is 10.5. The summed E-state index contributed by atoms with van der Waals surface area (Å²) in [5.41, 5.74) is 12.1. The highest BCUT2D eigenvalue weighted by Crippen LogP contribution is 2.49. The van der Waals surface area contributed by atoms with E-state index in [4.69, 9.17) is 5.53 Å². The quantitative estimate of drug-likeness (QED) is 0.175. The zero-order valence-electron chi connectivity index (χ0n) is 17.3. The minimum atomic E-state index is -0.631. The van der Waals surface area contributed by atoms with Crippen LogP contribution in [-0.2, 0) is 10.3 Å². The summed E-state index contributed by atoms with van der Waals surface area (Å²) in [6.45, 7) is 0. The first kappa shape index (κ1) is 19.8. The summed E-state index contributed by atoms with van der Waals surface area (Å²) in [5, 5.41) is 3.27. The van der Waals surface area contributed by atoms with Crippen LogP contribution in [0.4, 0.5) is 0 Å². The van der Waals surface area contributed by atoms with Gasteiger partial charge >= 0.3 is 0 Å². The summed E-state index contributed by atoms with van der Waals surface area (Å²) in [6, 6.07) is 31.1. The van der Waals surface area contributed by atoms with Gasteiger partial charge in [-0.2, -0.15) is 0 Å². The van der Waals surface area contributed by atoms with Gasteiger partial charge < -0.3 is 4.57 Å². The second-order valence-electron chi connectivity index (χ2n) is 7.99. The Morgan fingerprint density at radius 3 is 1.88 bits per heavy atom. The van der Waals surface area contributed by atoms with Gasteiger partial charge in [-0.25, -0.2) is 4.98 Å². The van der Waals surface area contributed by atoms with Crippen molar-refractivity contribution in [2.24, 2.45) is 11.0 Å². The van der Waals surface area contributed by atoms with E-state index in [2.05, 4.69) is 56.0 Å². The molecular weight excluding hydrogens is 398 g/mol. The first-order valence-electron chi connectivity index (χ1n) is 10.5. The fraction of sp³-hybridized carbons (Fsp3) is 0.154. The Balaban J connectivity index is 1.69. The third-order valence-electron chi connectivity index (χ3n) is 6.20. The predicted molar refractivity (Wildman–Crippen MR) is 122 cm³/mol. The fourth-order valence-electron chi connectivity index (χ4n) is 4.61. The van der Waals surface area contributed by atoms with Crippen LogP contribution < -0.4 is 0 Å². The third-order valence-corrected chi connectivity index (χ3v) is 6.20. The van der Waals surface area contributed by atoms with Gasteiger partial charge in [0.25, 0.3) is 0 Å². The van der Waals surface area contributed by atoms with Crippen molar-refractivity contribution in [1.29, 1.82) is 0 Å². The first-order chi connectivity index (χ1) is 15.7. The summed E-state index contributed by atoms with van der Waals surface area (Å²) in [4.78, 5) is 19.3. The second-order valence-corrected chi connectivity index (χ2v) is 7.99. The number of carbonyl (C=O) groups is 1. The Morgan fingerprint density at radius 1 is 0.906 bits per heavy atom. The van der Waals surface area contributed by atoms with Gasteiger partial charge in [-0.1, -0.05) is 91.0 Å². The van der Waals surface area contributed by atoms with Crippen molar-refractivity contribution >= 4 is 5.91 Å². The fourth-order valence-corrected chi connectivity index (χ4v) is 4.61. The molecule has 0 unspecified atom stereocenters. The number of nitrogens with zero attached hydrogens (tertiary/aromatic N) is 5. The molecule has 1 fully saturated rings. The van der Waals surface area contributed by atoms with Crippen LogP contribution in [0.2, 0.25) is 0 Å². The van der Waals surface area contributed by atoms with E-state index in [1.165, 1.54) is 0 Å². The number of hydrogen-bond donors (Lipinski definition) is 0. The SMILES string of the molecule is [N-]=[N+]=NC(=O)[C@H]1C[C@@H]1c1cn(C(c2ccccc2)(c2ccccc2)c2ccccc2)cn1. The summed E-state index contributed by atoms with van der Waals surface area (Å²) in [7, 11) is 0. The lowest BCUT2D eigenvalue weighted by molar-refractivity contribution is -0.119. The van der Waals surface area contributed by atoms with E-state index in [1.54, 1.807) is 0 Å². The Morgan fingerprint density at radius 2 is 1.41 bits per heavy atom. The van der Waals surface area contributed by atoms with Gasteiger partial charge in [-0.3, -0.25) is 4.79 Å². The molecule has 0 saturated heterocycles. The molecule has 5 rings (SSSR count). The summed E-state index contributed by atoms with van der Waals surface area (Å²) >= 11 is 0. The van der Waals surface area contributed by atoms with Crippen LogP contribution in [0.5, 0.6) is 0 Å². The molecule has 1 saturated carbocycles. The molecular formula is C26H21N5O. The van der Waals surface area contributed by atoms with Crippen LogP contribution >= 0.6 is 0 Å². The molecule has 0 radical (unpaired) electrons. The van der Waals surface area contributed by atoms with E-state index in [0.29, 0.717) is 6.42 Å². The van der Waals surface area contributed by atoms with E-state index in [1.807, 2.05) is 67.1 Å². The smallest absolute Gasteiger partial charge is 0.222 e. The molecule has 1 aliphatic rings. The molecule has 32 heavy (non-hydrogen) atoms. The standard InChI is InChI=1S/C26H21N5O/c27-30-29-25(32)23-16-22(23)24-17-31(18-28-24)26(19-10-4-1-5-11-19,20-12-6-2-7-13-20)21-14-8-3-9-15-21/h1-15,17-18,22-23H,16H2/t22-,23-/m0/s1. The monoisotopic (exact) mass is 419 g/mol. The van der Waals surface area contributed by atoms with Gasteiger partial charge in [-0.05, 0) is 33.8 Å². The molecule has 0 spiro atoms. The molecule has 4 aromatic rings. The minimum absolute atomic E-state index is 0.0192. The van der Waals surface area contributed by atoms with Crippen LogP contribution in [-0.4, -0.2) is 15.5 Å². The number of aromatic nitrogens is 2. The van der Waals surface area contributed by atoms with Crippen LogP contribution in [0.3, 0.4) is 0 Å². The van der Waals surface area contributed by atoms with Crippen molar-refractivity contribution < 1.29 is 4.79 Å². The molecule has 0 aliphatic heterocycles. The summed E-state index contributed by atoms with van der Waals surface area (Å²) in [6.07, 6.45) is 4.53. The van der Waals surface area contributed by atoms with Gasteiger partial charge in [0, 0.05) is 22.9 Å². The van der Waals surface area contributed by atoms with Gasteiger partial charge in [0.1, 0.15) is 5.54 Å². The van der Waals surface area contributed by atoms with E-state index in [-0.39, 0.29) is 11.8 Å². The Labute approximate surface area is 185 Å². The molecule has 1 heterocycles. The summed E-state index contributed by atoms with van der Waals surface area (Å²) in [5.74, 6) is -0.712. The average molecular weight is 419 g/mol. The van der Waals surface area contributed by atoms with Gasteiger partial charge in [0.2, 0.25) is 5.91 Å². The van der Waals surface area contributed by atoms with E-state index in [0.717, 1.165) is 22.4 Å². The average Bonchev–Trinajstić information content (AvgIpc) is 3.51. The van der Waals surface area contributed by atoms with Crippen molar-refractivity contribution in [3.63, 3.8) is 0 Å². The molecule has 1 aliphatic carbocycles. The lowest BCUT2D eigenvalue weighted by atomic mass is 9.77. The zero-order valence-corrected chi connectivity index (χ0v) is 17.3. The number of benzene rings is 3. The predicted octanol–water partition coefficient (Wildman–Crippen LogP) is 5.66. The number of amides is 1.